The molecule has 5 aliphatic rings. The number of nitrogens with zero attached hydrogens (tertiary/aromatic N) is 1. The Labute approximate surface area is 207 Å². The van der Waals surface area contributed by atoms with E-state index >= 15 is 4.39 Å². The Bertz CT molecular complexity index is 1020. The van der Waals surface area contributed by atoms with Crippen molar-refractivity contribution in [2.45, 2.75) is 82.9 Å². The fraction of sp³-hybridized carbons (Fsp3) is 0.750. The third-order valence-electron chi connectivity index (χ3n) is 10.8. The standard InChI is InChI=1S/C28H40FN3O3/c1-26(34)12-13-28(29)17(15-26)4-6-19-20-7-8-22(27(20,2)11-10-21(19)28)25(33)16-32-24-9-5-18(35-3)14-23(24)30-31-32/h5,9,14,17,19-22,30-31,34H,4,6-8,10-13,15-16H2,1-3H3/t17-,19+,20+,21+,22-,26-,27+,28-/m1/s1. The number of hydrazine groups is 2. The van der Waals surface area contributed by atoms with Crippen molar-refractivity contribution in [3.8, 4) is 5.75 Å². The van der Waals surface area contributed by atoms with Crippen LogP contribution in [0, 0.1) is 35.0 Å². The molecule has 3 N–H and O–H groups in total. The largest absolute Gasteiger partial charge is 0.497 e. The molecule has 192 valence electrons. The first-order chi connectivity index (χ1) is 16.6. The number of anilines is 2. The number of rotatable bonds is 4. The normalized spacial score (nSPS) is 44.0. The third-order valence-corrected chi connectivity index (χ3v) is 10.8. The van der Waals surface area contributed by atoms with E-state index < -0.39 is 11.3 Å². The Kier molecular flexibility index (Phi) is 5.43. The lowest BCUT2D eigenvalue weighted by Gasteiger charge is -2.59. The van der Waals surface area contributed by atoms with Crippen LogP contribution in [0.3, 0.4) is 0 Å². The summed E-state index contributed by atoms with van der Waals surface area (Å²) < 4.78 is 21.9. The van der Waals surface area contributed by atoms with Gasteiger partial charge in [-0.25, -0.2) is 4.39 Å². The number of halogens is 1. The van der Waals surface area contributed by atoms with E-state index in [4.69, 9.17) is 4.74 Å². The van der Waals surface area contributed by atoms with Gasteiger partial charge in [0.1, 0.15) is 11.4 Å². The highest BCUT2D eigenvalue weighted by Gasteiger charge is 2.63. The molecule has 1 heterocycles. The van der Waals surface area contributed by atoms with Gasteiger partial charge >= 0.3 is 0 Å². The van der Waals surface area contributed by atoms with Crippen molar-refractivity contribution in [2.75, 3.05) is 24.1 Å². The molecule has 6 rings (SSSR count). The molecule has 0 unspecified atom stereocenters. The minimum absolute atomic E-state index is 0.0110. The first-order valence-electron chi connectivity index (χ1n) is 13.6. The Morgan fingerprint density at radius 3 is 2.77 bits per heavy atom. The SMILES string of the molecule is COc1ccc2c(c1)NNN2CC(=O)[C@H]1CC[C@H]2[C@@H]3CC[C@@H]4C[C@](C)(O)CC[C@]4(F)[C@H]3CC[C@]12C. The lowest BCUT2D eigenvalue weighted by atomic mass is 9.48. The number of methoxy groups -OCH3 is 1. The van der Waals surface area contributed by atoms with Crippen LogP contribution in [-0.4, -0.2) is 35.8 Å². The highest BCUT2D eigenvalue weighted by Crippen LogP contribution is 2.66. The van der Waals surface area contributed by atoms with Crippen LogP contribution in [0.5, 0.6) is 5.75 Å². The van der Waals surface area contributed by atoms with Crippen LogP contribution in [0.15, 0.2) is 18.2 Å². The van der Waals surface area contributed by atoms with E-state index in [2.05, 4.69) is 17.9 Å². The molecule has 7 heteroatoms. The molecule has 6 nitrogen and oxygen atoms in total. The van der Waals surface area contributed by atoms with E-state index in [1.807, 2.05) is 30.1 Å². The molecule has 8 atom stereocenters. The summed E-state index contributed by atoms with van der Waals surface area (Å²) in [4.78, 5) is 13.7. The summed E-state index contributed by atoms with van der Waals surface area (Å²) in [6.45, 7) is 4.52. The van der Waals surface area contributed by atoms with E-state index in [-0.39, 0.29) is 29.0 Å². The van der Waals surface area contributed by atoms with Gasteiger partial charge in [0.05, 0.1) is 30.6 Å². The van der Waals surface area contributed by atoms with Gasteiger partial charge in [0.15, 0.2) is 5.78 Å². The van der Waals surface area contributed by atoms with Crippen LogP contribution < -0.4 is 20.7 Å². The Hall–Kier alpha value is -1.86. The van der Waals surface area contributed by atoms with Crippen molar-refractivity contribution in [1.29, 1.82) is 0 Å². The van der Waals surface area contributed by atoms with Gasteiger partial charge in [-0.15, -0.1) is 5.53 Å². The monoisotopic (exact) mass is 485 g/mol. The zero-order valence-corrected chi connectivity index (χ0v) is 21.3. The summed E-state index contributed by atoms with van der Waals surface area (Å²) in [5.74, 6) is 1.96. The highest BCUT2D eigenvalue weighted by molar-refractivity contribution is 5.89. The second-order valence-corrected chi connectivity index (χ2v) is 12.6. The summed E-state index contributed by atoms with van der Waals surface area (Å²) in [6, 6.07) is 5.81. The van der Waals surface area contributed by atoms with Gasteiger partial charge in [0.25, 0.3) is 0 Å². The molecule has 4 fully saturated rings. The number of alkyl halides is 1. The van der Waals surface area contributed by atoms with Crippen LogP contribution in [-0.2, 0) is 4.79 Å². The van der Waals surface area contributed by atoms with Gasteiger partial charge < -0.3 is 15.3 Å². The van der Waals surface area contributed by atoms with E-state index in [1.54, 1.807) is 7.11 Å². The number of Topliss-reactive ketones (excluding diaryl/α,β-unsaturated/α-hetero) is 1. The number of ether oxygens (including phenoxy) is 1. The maximum absolute atomic E-state index is 16.6. The fourth-order valence-corrected chi connectivity index (χ4v) is 9.06. The van der Waals surface area contributed by atoms with E-state index in [1.165, 1.54) is 0 Å². The summed E-state index contributed by atoms with van der Waals surface area (Å²) in [7, 11) is 1.65. The molecule has 4 saturated carbocycles. The van der Waals surface area contributed by atoms with Gasteiger partial charge in [0.2, 0.25) is 0 Å². The zero-order valence-electron chi connectivity index (χ0n) is 21.3. The number of fused-ring (bicyclic) bond motifs is 6. The maximum atomic E-state index is 16.6. The minimum Gasteiger partial charge on any atom is -0.497 e. The summed E-state index contributed by atoms with van der Waals surface area (Å²) in [5.41, 5.74) is 6.24. The van der Waals surface area contributed by atoms with Gasteiger partial charge in [0, 0.05) is 12.0 Å². The third kappa shape index (κ3) is 3.59. The Balaban J connectivity index is 1.17. The predicted molar refractivity (Wildman–Crippen MR) is 134 cm³/mol. The Morgan fingerprint density at radius 1 is 1.14 bits per heavy atom. The van der Waals surface area contributed by atoms with E-state index in [9.17, 15) is 9.90 Å². The lowest BCUT2D eigenvalue weighted by Crippen LogP contribution is -2.58. The molecule has 35 heavy (non-hydrogen) atoms. The average Bonchev–Trinajstić information content (AvgIpc) is 3.39. The van der Waals surface area contributed by atoms with Gasteiger partial charge in [-0.05, 0) is 106 Å². The summed E-state index contributed by atoms with van der Waals surface area (Å²) in [5, 5.41) is 12.5. The average molecular weight is 486 g/mol. The zero-order chi connectivity index (χ0) is 24.6. The van der Waals surface area contributed by atoms with E-state index in [0.29, 0.717) is 37.6 Å². The lowest BCUT2D eigenvalue weighted by molar-refractivity contribution is -0.165. The van der Waals surface area contributed by atoms with Crippen LogP contribution in [0.2, 0.25) is 0 Å². The predicted octanol–water partition coefficient (Wildman–Crippen LogP) is 5.03. The van der Waals surface area contributed by atoms with Gasteiger partial charge in [-0.2, -0.15) is 0 Å². The molecule has 0 aromatic heterocycles. The number of ketones is 1. The number of carbonyl (C=O) groups excluding carboxylic acids is 1. The number of nitrogens with one attached hydrogen (secondary N) is 2. The smallest absolute Gasteiger partial charge is 0.157 e. The van der Waals surface area contributed by atoms with Gasteiger partial charge in [-0.3, -0.25) is 9.80 Å². The van der Waals surface area contributed by atoms with Crippen molar-refractivity contribution in [2.24, 2.45) is 35.0 Å². The number of benzene rings is 1. The second-order valence-electron chi connectivity index (χ2n) is 12.6. The topological polar surface area (TPSA) is 73.8 Å². The van der Waals surface area contributed by atoms with Crippen LogP contribution in [0.1, 0.15) is 71.6 Å². The molecule has 1 aromatic carbocycles. The number of hydrogen-bond donors (Lipinski definition) is 3. The number of carbonyl (C=O) groups is 1. The molecular formula is C28H40FN3O3. The molecule has 0 amide bonds. The summed E-state index contributed by atoms with van der Waals surface area (Å²) in [6.07, 6.45) is 7.34. The molecule has 0 spiro atoms. The first kappa shape index (κ1) is 23.5. The quantitative estimate of drug-likeness (QED) is 0.556. The van der Waals surface area contributed by atoms with Crippen molar-refractivity contribution < 1.29 is 19.0 Å². The van der Waals surface area contributed by atoms with Crippen LogP contribution in [0.25, 0.3) is 0 Å². The second kappa shape index (κ2) is 8.07. The molecular weight excluding hydrogens is 445 g/mol. The number of aliphatic hydroxyl groups is 1. The van der Waals surface area contributed by atoms with Gasteiger partial charge in [-0.1, -0.05) is 6.92 Å². The molecule has 0 saturated heterocycles. The fourth-order valence-electron chi connectivity index (χ4n) is 9.06. The maximum Gasteiger partial charge on any atom is 0.157 e. The van der Waals surface area contributed by atoms with Crippen LogP contribution >= 0.6 is 0 Å². The van der Waals surface area contributed by atoms with Crippen LogP contribution in [0.4, 0.5) is 15.8 Å². The van der Waals surface area contributed by atoms with Crippen molar-refractivity contribution >= 4 is 17.2 Å². The first-order valence-corrected chi connectivity index (χ1v) is 13.6. The molecule has 1 aromatic rings. The van der Waals surface area contributed by atoms with Crippen molar-refractivity contribution in [3.63, 3.8) is 0 Å². The Morgan fingerprint density at radius 2 is 1.97 bits per heavy atom. The molecule has 0 bridgehead atoms. The molecule has 1 aliphatic heterocycles. The number of hydrogen-bond acceptors (Lipinski definition) is 6. The highest BCUT2D eigenvalue weighted by atomic mass is 19.1. The summed E-state index contributed by atoms with van der Waals surface area (Å²) >= 11 is 0. The van der Waals surface area contributed by atoms with Crippen molar-refractivity contribution in [1.82, 2.24) is 5.53 Å². The minimum atomic E-state index is -1.13. The van der Waals surface area contributed by atoms with E-state index in [0.717, 1.165) is 55.6 Å². The molecule has 0 radical (unpaired) electrons. The van der Waals surface area contributed by atoms with Crippen molar-refractivity contribution in [3.05, 3.63) is 18.2 Å². The molecule has 4 aliphatic carbocycles.